The summed E-state index contributed by atoms with van der Waals surface area (Å²) in [6, 6.07) is 5.12. The first-order valence-electron chi connectivity index (χ1n) is 9.66. The van der Waals surface area contributed by atoms with Gasteiger partial charge < -0.3 is 25.4 Å². The van der Waals surface area contributed by atoms with Gasteiger partial charge in [-0.1, -0.05) is 12.1 Å². The van der Waals surface area contributed by atoms with E-state index >= 15 is 0 Å². The van der Waals surface area contributed by atoms with Crippen LogP contribution in [0.5, 0.6) is 5.75 Å². The van der Waals surface area contributed by atoms with Crippen molar-refractivity contribution in [2.45, 2.75) is 25.6 Å². The highest BCUT2D eigenvalue weighted by atomic mass is 19.1. The Morgan fingerprint density at radius 2 is 1.97 bits per heavy atom. The van der Waals surface area contributed by atoms with Crippen LogP contribution in [0.3, 0.4) is 0 Å². The molecule has 0 saturated heterocycles. The standard InChI is InChI=1S/C20H24FN5O5/c1-11-9-25(3)10-14(31-20(30)22-2)17-24-15(16(27)19(29)26(11)17)18(28)23-8-12-4-6-13(21)7-5-12/h4-7,11,14,27H,8-10H2,1-3H3,(H,22,30)(H,23,28). The molecule has 31 heavy (non-hydrogen) atoms. The Morgan fingerprint density at radius 3 is 2.61 bits per heavy atom. The summed E-state index contributed by atoms with van der Waals surface area (Å²) in [6.45, 7) is 2.48. The minimum atomic E-state index is -0.938. The molecule has 1 aliphatic heterocycles. The number of alkyl carbamates (subject to hydrolysis) is 1. The van der Waals surface area contributed by atoms with Gasteiger partial charge in [0.05, 0.1) is 0 Å². The number of rotatable bonds is 4. The lowest BCUT2D eigenvalue weighted by molar-refractivity contribution is 0.0762. The van der Waals surface area contributed by atoms with Crippen LogP contribution in [0.25, 0.3) is 0 Å². The van der Waals surface area contributed by atoms with Crippen LogP contribution in [0.2, 0.25) is 0 Å². The molecule has 10 nitrogen and oxygen atoms in total. The lowest BCUT2D eigenvalue weighted by atomic mass is 10.2. The molecule has 2 unspecified atom stereocenters. The van der Waals surface area contributed by atoms with Gasteiger partial charge in [-0.15, -0.1) is 0 Å². The predicted octanol–water partition coefficient (Wildman–Crippen LogP) is 0.921. The molecule has 11 heteroatoms. The highest BCUT2D eigenvalue weighted by Crippen LogP contribution is 2.26. The molecule has 3 rings (SSSR count). The number of aromatic hydroxyl groups is 1. The van der Waals surface area contributed by atoms with Crippen molar-refractivity contribution in [2.75, 3.05) is 27.2 Å². The molecule has 0 saturated carbocycles. The number of hydrogen-bond donors (Lipinski definition) is 3. The van der Waals surface area contributed by atoms with Gasteiger partial charge in [0.2, 0.25) is 5.75 Å². The van der Waals surface area contributed by atoms with Crippen molar-refractivity contribution in [3.8, 4) is 5.75 Å². The number of fused-ring (bicyclic) bond motifs is 1. The average molecular weight is 433 g/mol. The van der Waals surface area contributed by atoms with Gasteiger partial charge in [-0.05, 0) is 31.7 Å². The fraction of sp³-hybridized carbons (Fsp3) is 0.400. The lowest BCUT2D eigenvalue weighted by Crippen LogP contribution is -2.35. The molecule has 1 aromatic heterocycles. The maximum absolute atomic E-state index is 13.0. The van der Waals surface area contributed by atoms with E-state index in [0.717, 1.165) is 0 Å². The van der Waals surface area contributed by atoms with Gasteiger partial charge in [-0.2, -0.15) is 0 Å². The Labute approximate surface area is 177 Å². The third kappa shape index (κ3) is 4.82. The first kappa shape index (κ1) is 22.2. The largest absolute Gasteiger partial charge is 0.501 e. The summed E-state index contributed by atoms with van der Waals surface area (Å²) < 4.78 is 19.7. The molecule has 3 N–H and O–H groups in total. The van der Waals surface area contributed by atoms with Crippen molar-refractivity contribution in [3.05, 3.63) is 57.5 Å². The number of benzene rings is 1. The maximum Gasteiger partial charge on any atom is 0.407 e. The highest BCUT2D eigenvalue weighted by molar-refractivity contribution is 5.94. The van der Waals surface area contributed by atoms with Gasteiger partial charge in [0, 0.05) is 32.7 Å². The predicted molar refractivity (Wildman–Crippen MR) is 108 cm³/mol. The van der Waals surface area contributed by atoms with Crippen LogP contribution in [-0.4, -0.2) is 58.7 Å². The molecule has 2 heterocycles. The Morgan fingerprint density at radius 1 is 1.29 bits per heavy atom. The molecule has 0 spiro atoms. The van der Waals surface area contributed by atoms with E-state index in [0.29, 0.717) is 12.1 Å². The third-order valence-corrected chi connectivity index (χ3v) is 4.94. The normalized spacial score (nSPS) is 18.6. The zero-order valence-corrected chi connectivity index (χ0v) is 17.4. The second-order valence-electron chi connectivity index (χ2n) is 7.37. The smallest absolute Gasteiger partial charge is 0.407 e. The Hall–Kier alpha value is -3.47. The molecule has 2 atom stereocenters. The number of nitrogens with zero attached hydrogens (tertiary/aromatic N) is 3. The van der Waals surface area contributed by atoms with Crippen LogP contribution in [-0.2, 0) is 11.3 Å². The fourth-order valence-corrected chi connectivity index (χ4v) is 3.47. The summed E-state index contributed by atoms with van der Waals surface area (Å²) in [5.41, 5.74) is -0.650. The monoisotopic (exact) mass is 433 g/mol. The van der Waals surface area contributed by atoms with Crippen molar-refractivity contribution < 1.29 is 23.8 Å². The number of amides is 2. The number of carbonyl (C=O) groups excluding carboxylic acids is 2. The number of nitrogens with one attached hydrogen (secondary N) is 2. The lowest BCUT2D eigenvalue weighted by Gasteiger charge is -2.21. The van der Waals surface area contributed by atoms with E-state index < -0.39 is 40.9 Å². The number of halogens is 1. The molecule has 2 aromatic rings. The molecular weight excluding hydrogens is 409 g/mol. The minimum Gasteiger partial charge on any atom is -0.501 e. The maximum atomic E-state index is 13.0. The van der Waals surface area contributed by atoms with E-state index in [1.165, 1.54) is 35.9 Å². The van der Waals surface area contributed by atoms with Crippen LogP contribution in [0, 0.1) is 5.82 Å². The van der Waals surface area contributed by atoms with Gasteiger partial charge in [0.25, 0.3) is 11.5 Å². The SMILES string of the molecule is CNC(=O)OC1CN(C)CC(C)n2c1nc(C(=O)NCc1ccc(F)cc1)c(O)c2=O. The molecule has 2 amide bonds. The number of aromatic nitrogens is 2. The molecule has 0 aliphatic carbocycles. The Bertz CT molecular complexity index is 1040. The van der Waals surface area contributed by atoms with E-state index in [1.54, 1.807) is 14.0 Å². The van der Waals surface area contributed by atoms with Gasteiger partial charge in [0.1, 0.15) is 5.82 Å². The van der Waals surface area contributed by atoms with Crippen LogP contribution in [0.1, 0.15) is 40.9 Å². The van der Waals surface area contributed by atoms with Crippen LogP contribution in [0.15, 0.2) is 29.1 Å². The molecule has 1 aromatic carbocycles. The highest BCUT2D eigenvalue weighted by Gasteiger charge is 2.33. The molecule has 0 fully saturated rings. The Balaban J connectivity index is 1.97. The number of likely N-dealkylation sites (N-methyl/N-ethyl adjacent to an activating group) is 1. The minimum absolute atomic E-state index is 0.0377. The van der Waals surface area contributed by atoms with Crippen molar-refractivity contribution >= 4 is 12.0 Å². The molecule has 1 aliphatic rings. The first-order valence-corrected chi connectivity index (χ1v) is 9.66. The van der Waals surface area contributed by atoms with E-state index in [-0.39, 0.29) is 25.0 Å². The van der Waals surface area contributed by atoms with E-state index in [1.807, 2.05) is 4.90 Å². The molecule has 0 radical (unpaired) electrons. The summed E-state index contributed by atoms with van der Waals surface area (Å²) in [5, 5.41) is 15.3. The van der Waals surface area contributed by atoms with Gasteiger partial charge in [0.15, 0.2) is 17.6 Å². The third-order valence-electron chi connectivity index (χ3n) is 4.94. The summed E-state index contributed by atoms with van der Waals surface area (Å²) in [5.74, 6) is -1.92. The van der Waals surface area contributed by atoms with E-state index in [4.69, 9.17) is 4.74 Å². The van der Waals surface area contributed by atoms with Crippen molar-refractivity contribution in [2.24, 2.45) is 0 Å². The van der Waals surface area contributed by atoms with Crippen molar-refractivity contribution in [1.29, 1.82) is 0 Å². The molecule has 0 bridgehead atoms. The fourth-order valence-electron chi connectivity index (χ4n) is 3.47. The van der Waals surface area contributed by atoms with Crippen LogP contribution < -0.4 is 16.2 Å². The number of carbonyl (C=O) groups is 2. The topological polar surface area (TPSA) is 126 Å². The summed E-state index contributed by atoms with van der Waals surface area (Å²) in [6.07, 6.45) is -1.66. The summed E-state index contributed by atoms with van der Waals surface area (Å²) in [7, 11) is 3.20. The van der Waals surface area contributed by atoms with Crippen molar-refractivity contribution in [1.82, 2.24) is 25.1 Å². The summed E-state index contributed by atoms with van der Waals surface area (Å²) in [4.78, 5) is 43.5. The average Bonchev–Trinajstić information content (AvgIpc) is 2.85. The quantitative estimate of drug-likeness (QED) is 0.655. The van der Waals surface area contributed by atoms with E-state index in [9.17, 15) is 23.9 Å². The van der Waals surface area contributed by atoms with Gasteiger partial charge in [-0.3, -0.25) is 14.2 Å². The first-order chi connectivity index (χ1) is 14.7. The zero-order chi connectivity index (χ0) is 22.7. The summed E-state index contributed by atoms with van der Waals surface area (Å²) >= 11 is 0. The Kier molecular flexibility index (Phi) is 6.54. The van der Waals surface area contributed by atoms with Gasteiger partial charge in [-0.25, -0.2) is 14.2 Å². The van der Waals surface area contributed by atoms with Crippen LogP contribution in [0.4, 0.5) is 9.18 Å². The number of hydrogen-bond acceptors (Lipinski definition) is 7. The van der Waals surface area contributed by atoms with Gasteiger partial charge >= 0.3 is 6.09 Å². The zero-order valence-electron chi connectivity index (χ0n) is 17.4. The van der Waals surface area contributed by atoms with Crippen molar-refractivity contribution in [3.63, 3.8) is 0 Å². The molecule has 166 valence electrons. The molecular formula is C20H24FN5O5. The second kappa shape index (κ2) is 9.13. The van der Waals surface area contributed by atoms with Crippen LogP contribution >= 0.6 is 0 Å². The number of ether oxygens (including phenoxy) is 1. The second-order valence-corrected chi connectivity index (χ2v) is 7.37. The van der Waals surface area contributed by atoms with E-state index in [2.05, 4.69) is 15.6 Å².